The summed E-state index contributed by atoms with van der Waals surface area (Å²) in [4.78, 5) is 38.1. The second-order valence-electron chi connectivity index (χ2n) is 19.2. The Labute approximate surface area is 398 Å². The van der Waals surface area contributed by atoms with Crippen LogP contribution in [0.25, 0.3) is 0 Å². The van der Waals surface area contributed by atoms with E-state index in [1.165, 1.54) is 205 Å². The van der Waals surface area contributed by atoms with Crippen LogP contribution in [0.15, 0.2) is 24.3 Å². The van der Waals surface area contributed by atoms with Crippen molar-refractivity contribution in [2.24, 2.45) is 0 Å². The molecule has 0 radical (unpaired) electrons. The van der Waals surface area contributed by atoms with Gasteiger partial charge in [-0.2, -0.15) is 0 Å². The Balaban J connectivity index is 4.34. The molecule has 0 spiro atoms. The van der Waals surface area contributed by atoms with Crippen molar-refractivity contribution < 1.29 is 28.6 Å². The van der Waals surface area contributed by atoms with Gasteiger partial charge in [0.2, 0.25) is 0 Å². The highest BCUT2D eigenvalue weighted by Crippen LogP contribution is 2.16. The first-order valence-electron chi connectivity index (χ1n) is 28.3. The second-order valence-corrected chi connectivity index (χ2v) is 19.2. The predicted molar refractivity (Wildman–Crippen MR) is 275 cm³/mol. The minimum Gasteiger partial charge on any atom is -0.462 e. The topological polar surface area (TPSA) is 78.9 Å². The highest BCUT2D eigenvalue weighted by Gasteiger charge is 2.19. The monoisotopic (exact) mass is 901 g/mol. The zero-order chi connectivity index (χ0) is 46.5. The minimum absolute atomic E-state index is 0.0720. The Morgan fingerprint density at radius 3 is 0.781 bits per heavy atom. The third-order valence-electron chi connectivity index (χ3n) is 12.7. The molecule has 1 atom stereocenters. The molecule has 0 fully saturated rings. The summed E-state index contributed by atoms with van der Waals surface area (Å²) >= 11 is 0. The molecule has 0 rings (SSSR count). The van der Waals surface area contributed by atoms with Crippen molar-refractivity contribution in [2.45, 2.75) is 316 Å². The van der Waals surface area contributed by atoms with Gasteiger partial charge < -0.3 is 14.2 Å². The molecule has 0 N–H and O–H groups in total. The zero-order valence-electron chi connectivity index (χ0n) is 43.1. The third kappa shape index (κ3) is 50.9. The fraction of sp³-hybridized carbons (Fsp3) is 0.879. The average Bonchev–Trinajstić information content (AvgIpc) is 3.29. The number of hydrogen-bond acceptors (Lipinski definition) is 6. The molecule has 0 heterocycles. The van der Waals surface area contributed by atoms with Gasteiger partial charge in [0, 0.05) is 19.3 Å². The molecule has 6 heteroatoms. The maximum absolute atomic E-state index is 12.8. The van der Waals surface area contributed by atoms with Crippen LogP contribution in [0, 0.1) is 0 Å². The lowest BCUT2D eigenvalue weighted by molar-refractivity contribution is -0.167. The van der Waals surface area contributed by atoms with Crippen molar-refractivity contribution >= 4 is 17.9 Å². The number of ether oxygens (including phenoxy) is 3. The van der Waals surface area contributed by atoms with Gasteiger partial charge in [-0.25, -0.2) is 0 Å². The highest BCUT2D eigenvalue weighted by atomic mass is 16.6. The maximum Gasteiger partial charge on any atom is 0.306 e. The van der Waals surface area contributed by atoms with Crippen LogP contribution in [-0.2, 0) is 28.6 Å². The first-order chi connectivity index (χ1) is 31.5. The van der Waals surface area contributed by atoms with E-state index in [-0.39, 0.29) is 31.1 Å². The summed E-state index contributed by atoms with van der Waals surface area (Å²) in [6.07, 6.45) is 61.6. The average molecular weight is 901 g/mol. The molecular weight excluding hydrogens is 793 g/mol. The van der Waals surface area contributed by atoms with E-state index < -0.39 is 6.10 Å². The molecule has 0 saturated carbocycles. The van der Waals surface area contributed by atoms with Crippen molar-refractivity contribution in [1.29, 1.82) is 0 Å². The van der Waals surface area contributed by atoms with E-state index >= 15 is 0 Å². The molecule has 0 aliphatic rings. The number of allylic oxidation sites excluding steroid dienone is 4. The lowest BCUT2D eigenvalue weighted by Gasteiger charge is -2.18. The van der Waals surface area contributed by atoms with Gasteiger partial charge in [0.25, 0.3) is 0 Å². The van der Waals surface area contributed by atoms with Crippen molar-refractivity contribution in [3.8, 4) is 0 Å². The van der Waals surface area contributed by atoms with Gasteiger partial charge in [-0.3, -0.25) is 14.4 Å². The lowest BCUT2D eigenvalue weighted by atomic mass is 10.0. The van der Waals surface area contributed by atoms with Crippen LogP contribution < -0.4 is 0 Å². The molecule has 64 heavy (non-hydrogen) atoms. The second kappa shape index (κ2) is 53.5. The number of unbranched alkanes of at least 4 members (excludes halogenated alkanes) is 37. The largest absolute Gasteiger partial charge is 0.462 e. The summed E-state index contributed by atoms with van der Waals surface area (Å²) in [6.45, 7) is 6.66. The van der Waals surface area contributed by atoms with E-state index in [1.807, 2.05) is 0 Å². The smallest absolute Gasteiger partial charge is 0.306 e. The number of esters is 3. The Kier molecular flexibility index (Phi) is 51.7. The zero-order valence-corrected chi connectivity index (χ0v) is 43.1. The van der Waals surface area contributed by atoms with Gasteiger partial charge >= 0.3 is 17.9 Å². The fourth-order valence-corrected chi connectivity index (χ4v) is 8.37. The molecule has 0 aliphatic carbocycles. The number of hydrogen-bond donors (Lipinski definition) is 0. The van der Waals surface area contributed by atoms with Gasteiger partial charge in [-0.1, -0.05) is 244 Å². The molecular formula is C58H108O6. The number of carbonyl (C=O) groups excluding carboxylic acids is 3. The van der Waals surface area contributed by atoms with E-state index in [1.54, 1.807) is 0 Å². The molecule has 0 aromatic heterocycles. The van der Waals surface area contributed by atoms with E-state index in [2.05, 4.69) is 45.1 Å². The van der Waals surface area contributed by atoms with Crippen molar-refractivity contribution in [1.82, 2.24) is 0 Å². The summed E-state index contributed by atoms with van der Waals surface area (Å²) in [7, 11) is 0. The first-order valence-corrected chi connectivity index (χ1v) is 28.3. The molecule has 0 saturated heterocycles. The summed E-state index contributed by atoms with van der Waals surface area (Å²) < 4.78 is 16.9. The van der Waals surface area contributed by atoms with E-state index in [0.717, 1.165) is 64.2 Å². The standard InChI is InChI=1S/C58H108O6/c1-4-7-10-13-16-19-22-25-28-29-31-33-36-39-42-45-48-51-57(60)63-54-55(53-62-56(59)50-47-44-41-38-35-32-27-24-21-18-15-12-9-6-3)64-58(61)52-49-46-43-40-37-34-30-26-23-20-17-14-11-8-5-2/h24-25,27-28,55H,4-23,26,29-54H2,1-3H3/b27-24-,28-25-/t55-/m1/s1. The molecule has 0 aromatic rings. The van der Waals surface area contributed by atoms with Crippen LogP contribution in [0.5, 0.6) is 0 Å². The summed E-state index contributed by atoms with van der Waals surface area (Å²) in [5.41, 5.74) is 0. The Morgan fingerprint density at radius 1 is 0.297 bits per heavy atom. The van der Waals surface area contributed by atoms with Crippen LogP contribution in [-0.4, -0.2) is 37.2 Å². The van der Waals surface area contributed by atoms with Crippen LogP contribution in [0.2, 0.25) is 0 Å². The van der Waals surface area contributed by atoms with Crippen molar-refractivity contribution in [3.05, 3.63) is 24.3 Å². The highest BCUT2D eigenvalue weighted by molar-refractivity contribution is 5.71. The molecule has 0 bridgehead atoms. The minimum atomic E-state index is -0.772. The third-order valence-corrected chi connectivity index (χ3v) is 12.7. The van der Waals surface area contributed by atoms with Crippen LogP contribution in [0.1, 0.15) is 310 Å². The van der Waals surface area contributed by atoms with E-state index in [0.29, 0.717) is 19.3 Å². The van der Waals surface area contributed by atoms with Gasteiger partial charge in [0.1, 0.15) is 13.2 Å². The fourth-order valence-electron chi connectivity index (χ4n) is 8.37. The van der Waals surface area contributed by atoms with Gasteiger partial charge in [0.05, 0.1) is 0 Å². The maximum atomic E-state index is 12.8. The summed E-state index contributed by atoms with van der Waals surface area (Å²) in [5.74, 6) is -0.866. The lowest BCUT2D eigenvalue weighted by Crippen LogP contribution is -2.30. The first kappa shape index (κ1) is 61.9. The van der Waals surface area contributed by atoms with E-state index in [4.69, 9.17) is 14.2 Å². The number of rotatable bonds is 52. The molecule has 376 valence electrons. The molecule has 6 nitrogen and oxygen atoms in total. The SMILES string of the molecule is CCCCCCC/C=C\CCCCCCCC(=O)OC[C@H](COC(=O)CCCCCCCCC/C=C\CCCCCCCC)OC(=O)CCCCCCCCCCCCCCCCC. The summed E-state index contributed by atoms with van der Waals surface area (Å²) in [5, 5.41) is 0. The van der Waals surface area contributed by atoms with Gasteiger partial charge in [-0.05, 0) is 70.6 Å². The van der Waals surface area contributed by atoms with E-state index in [9.17, 15) is 14.4 Å². The quantitative estimate of drug-likeness (QED) is 0.0262. The van der Waals surface area contributed by atoms with Crippen LogP contribution in [0.4, 0.5) is 0 Å². The van der Waals surface area contributed by atoms with Crippen molar-refractivity contribution in [2.75, 3.05) is 13.2 Å². The molecule has 0 aliphatic heterocycles. The van der Waals surface area contributed by atoms with Gasteiger partial charge in [-0.15, -0.1) is 0 Å². The Morgan fingerprint density at radius 2 is 0.516 bits per heavy atom. The molecule has 0 unspecified atom stereocenters. The van der Waals surface area contributed by atoms with Crippen molar-refractivity contribution in [3.63, 3.8) is 0 Å². The normalized spacial score (nSPS) is 12.1. The number of carbonyl (C=O) groups is 3. The Hall–Kier alpha value is -2.11. The van der Waals surface area contributed by atoms with Gasteiger partial charge in [0.15, 0.2) is 6.10 Å². The molecule has 0 amide bonds. The van der Waals surface area contributed by atoms with Crippen LogP contribution in [0.3, 0.4) is 0 Å². The predicted octanol–water partition coefficient (Wildman–Crippen LogP) is 18.7. The van der Waals surface area contributed by atoms with Crippen LogP contribution >= 0.6 is 0 Å². The molecule has 0 aromatic carbocycles. The summed E-state index contributed by atoms with van der Waals surface area (Å²) in [6, 6.07) is 0. The Bertz CT molecular complexity index is 1040.